The second-order valence-corrected chi connectivity index (χ2v) is 6.55. The van der Waals surface area contributed by atoms with E-state index in [0.717, 1.165) is 52.2 Å². The SMILES string of the molecule is CCc1ccc(N2CCN(CCOCCOC(C)CC)CC2)cc1. The molecule has 1 aliphatic heterocycles. The van der Waals surface area contributed by atoms with Gasteiger partial charge in [-0.25, -0.2) is 0 Å². The lowest BCUT2D eigenvalue weighted by molar-refractivity contribution is 0.00616. The highest BCUT2D eigenvalue weighted by Crippen LogP contribution is 2.17. The summed E-state index contributed by atoms with van der Waals surface area (Å²) in [6.45, 7) is 14.1. The molecule has 0 N–H and O–H groups in total. The number of anilines is 1. The minimum atomic E-state index is 0.341. The minimum absolute atomic E-state index is 0.341. The average Bonchev–Trinajstić information content (AvgIpc) is 2.65. The summed E-state index contributed by atoms with van der Waals surface area (Å²) >= 11 is 0. The molecule has 1 unspecified atom stereocenters. The number of piperazine rings is 1. The van der Waals surface area contributed by atoms with Crippen molar-refractivity contribution in [1.82, 2.24) is 4.90 Å². The lowest BCUT2D eigenvalue weighted by Crippen LogP contribution is -2.47. The molecule has 1 aromatic rings. The molecule has 1 aliphatic rings. The van der Waals surface area contributed by atoms with Gasteiger partial charge in [0.1, 0.15) is 0 Å². The Morgan fingerprint density at radius 1 is 0.958 bits per heavy atom. The Bertz CT molecular complexity index is 441. The number of ether oxygens (including phenoxy) is 2. The van der Waals surface area contributed by atoms with Crippen LogP contribution in [0.3, 0.4) is 0 Å². The fraction of sp³-hybridized carbons (Fsp3) is 0.700. The van der Waals surface area contributed by atoms with Crippen molar-refractivity contribution in [3.05, 3.63) is 29.8 Å². The Balaban J connectivity index is 1.57. The molecule has 0 saturated carbocycles. The van der Waals surface area contributed by atoms with Crippen LogP contribution in [0.25, 0.3) is 0 Å². The molecular formula is C20H34N2O2. The Morgan fingerprint density at radius 3 is 2.29 bits per heavy atom. The van der Waals surface area contributed by atoms with E-state index in [1.165, 1.54) is 11.3 Å². The number of hydrogen-bond acceptors (Lipinski definition) is 4. The van der Waals surface area contributed by atoms with Crippen LogP contribution in [0, 0.1) is 0 Å². The van der Waals surface area contributed by atoms with Gasteiger partial charge in [-0.3, -0.25) is 4.90 Å². The van der Waals surface area contributed by atoms with Gasteiger partial charge in [0.15, 0.2) is 0 Å². The average molecular weight is 335 g/mol. The number of aryl methyl sites for hydroxylation is 1. The molecule has 0 aromatic heterocycles. The maximum atomic E-state index is 5.69. The summed E-state index contributed by atoms with van der Waals surface area (Å²) in [5.41, 5.74) is 2.76. The van der Waals surface area contributed by atoms with Crippen LogP contribution in [0.2, 0.25) is 0 Å². The van der Waals surface area contributed by atoms with Gasteiger partial charge in [-0.05, 0) is 37.5 Å². The lowest BCUT2D eigenvalue weighted by Gasteiger charge is -2.36. The first-order chi connectivity index (χ1) is 11.7. The molecule has 1 heterocycles. The first-order valence-corrected chi connectivity index (χ1v) is 9.48. The molecule has 0 aliphatic carbocycles. The van der Waals surface area contributed by atoms with Crippen LogP contribution < -0.4 is 4.90 Å². The number of nitrogens with zero attached hydrogens (tertiary/aromatic N) is 2. The fourth-order valence-corrected chi connectivity index (χ4v) is 2.89. The van der Waals surface area contributed by atoms with Crippen molar-refractivity contribution in [1.29, 1.82) is 0 Å². The Morgan fingerprint density at radius 2 is 1.67 bits per heavy atom. The third-order valence-electron chi connectivity index (χ3n) is 4.84. The maximum absolute atomic E-state index is 5.69. The summed E-state index contributed by atoms with van der Waals surface area (Å²) in [6, 6.07) is 9.01. The van der Waals surface area contributed by atoms with Gasteiger partial charge in [0.25, 0.3) is 0 Å². The van der Waals surface area contributed by atoms with E-state index in [4.69, 9.17) is 9.47 Å². The van der Waals surface area contributed by atoms with Gasteiger partial charge in [0.05, 0.1) is 25.9 Å². The summed E-state index contributed by atoms with van der Waals surface area (Å²) in [4.78, 5) is 4.98. The highest BCUT2D eigenvalue weighted by Gasteiger charge is 2.16. The first kappa shape index (κ1) is 19.2. The summed E-state index contributed by atoms with van der Waals surface area (Å²) < 4.78 is 11.3. The van der Waals surface area contributed by atoms with Crippen LogP contribution in [-0.4, -0.2) is 63.5 Å². The number of rotatable bonds is 10. The van der Waals surface area contributed by atoms with E-state index in [1.54, 1.807) is 0 Å². The largest absolute Gasteiger partial charge is 0.378 e. The van der Waals surface area contributed by atoms with Crippen molar-refractivity contribution < 1.29 is 9.47 Å². The summed E-state index contributed by atoms with van der Waals surface area (Å²) in [5, 5.41) is 0. The fourth-order valence-electron chi connectivity index (χ4n) is 2.89. The summed E-state index contributed by atoms with van der Waals surface area (Å²) in [5.74, 6) is 0. The van der Waals surface area contributed by atoms with Crippen LogP contribution in [0.4, 0.5) is 5.69 Å². The van der Waals surface area contributed by atoms with E-state index in [-0.39, 0.29) is 0 Å². The molecule has 0 bridgehead atoms. The molecular weight excluding hydrogens is 300 g/mol. The van der Waals surface area contributed by atoms with Gasteiger partial charge in [-0.1, -0.05) is 26.0 Å². The molecule has 0 amide bonds. The number of benzene rings is 1. The predicted octanol–water partition coefficient (Wildman–Crippen LogP) is 3.20. The molecule has 4 nitrogen and oxygen atoms in total. The van der Waals surface area contributed by atoms with E-state index < -0.39 is 0 Å². The molecule has 0 radical (unpaired) electrons. The van der Waals surface area contributed by atoms with Crippen LogP contribution in [0.15, 0.2) is 24.3 Å². The maximum Gasteiger partial charge on any atom is 0.0704 e. The Hall–Kier alpha value is -1.10. The molecule has 1 fully saturated rings. The monoisotopic (exact) mass is 334 g/mol. The topological polar surface area (TPSA) is 24.9 Å². The Labute approximate surface area is 147 Å². The van der Waals surface area contributed by atoms with Gasteiger partial charge in [0.2, 0.25) is 0 Å². The van der Waals surface area contributed by atoms with E-state index >= 15 is 0 Å². The molecule has 1 saturated heterocycles. The van der Waals surface area contributed by atoms with Crippen LogP contribution in [0.1, 0.15) is 32.8 Å². The van der Waals surface area contributed by atoms with E-state index in [1.807, 2.05) is 0 Å². The standard InChI is InChI=1S/C20H34N2O2/c1-4-18(3)24-17-16-23-15-14-21-10-12-22(13-11-21)20-8-6-19(5-2)7-9-20/h6-9,18H,4-5,10-17H2,1-3H3. The molecule has 24 heavy (non-hydrogen) atoms. The Kier molecular flexibility index (Phi) is 8.57. The molecule has 136 valence electrons. The van der Waals surface area contributed by atoms with Gasteiger partial charge < -0.3 is 14.4 Å². The second-order valence-electron chi connectivity index (χ2n) is 6.55. The second kappa shape index (κ2) is 10.7. The normalized spacial score (nSPS) is 17.2. The molecule has 2 rings (SSSR count). The zero-order valence-corrected chi connectivity index (χ0v) is 15.7. The van der Waals surface area contributed by atoms with Crippen LogP contribution >= 0.6 is 0 Å². The van der Waals surface area contributed by atoms with Crippen molar-refractivity contribution in [2.24, 2.45) is 0 Å². The third kappa shape index (κ3) is 6.42. The van der Waals surface area contributed by atoms with Gasteiger partial charge in [-0.2, -0.15) is 0 Å². The quantitative estimate of drug-likeness (QED) is 0.614. The van der Waals surface area contributed by atoms with E-state index in [0.29, 0.717) is 19.3 Å². The summed E-state index contributed by atoms with van der Waals surface area (Å²) in [6.07, 6.45) is 2.51. The molecule has 4 heteroatoms. The third-order valence-corrected chi connectivity index (χ3v) is 4.84. The van der Waals surface area contributed by atoms with Gasteiger partial charge >= 0.3 is 0 Å². The molecule has 1 aromatic carbocycles. The van der Waals surface area contributed by atoms with E-state index in [2.05, 4.69) is 54.8 Å². The zero-order chi connectivity index (χ0) is 17.2. The number of hydrogen-bond donors (Lipinski definition) is 0. The van der Waals surface area contributed by atoms with Crippen LogP contribution in [0.5, 0.6) is 0 Å². The van der Waals surface area contributed by atoms with E-state index in [9.17, 15) is 0 Å². The highest BCUT2D eigenvalue weighted by molar-refractivity contribution is 5.48. The van der Waals surface area contributed by atoms with Crippen molar-refractivity contribution >= 4 is 5.69 Å². The zero-order valence-electron chi connectivity index (χ0n) is 15.7. The van der Waals surface area contributed by atoms with Crippen molar-refractivity contribution in [2.75, 3.05) is 57.4 Å². The highest BCUT2D eigenvalue weighted by atomic mass is 16.5. The first-order valence-electron chi connectivity index (χ1n) is 9.48. The van der Waals surface area contributed by atoms with Gasteiger partial charge in [-0.15, -0.1) is 0 Å². The van der Waals surface area contributed by atoms with Crippen LogP contribution in [-0.2, 0) is 15.9 Å². The molecule has 0 spiro atoms. The molecule has 1 atom stereocenters. The van der Waals surface area contributed by atoms with Crippen molar-refractivity contribution in [3.63, 3.8) is 0 Å². The predicted molar refractivity (Wildman–Crippen MR) is 101 cm³/mol. The summed E-state index contributed by atoms with van der Waals surface area (Å²) in [7, 11) is 0. The minimum Gasteiger partial charge on any atom is -0.378 e. The van der Waals surface area contributed by atoms with Crippen molar-refractivity contribution in [3.8, 4) is 0 Å². The van der Waals surface area contributed by atoms with Crippen molar-refractivity contribution in [2.45, 2.75) is 39.7 Å². The lowest BCUT2D eigenvalue weighted by atomic mass is 10.1. The smallest absolute Gasteiger partial charge is 0.0704 e. The van der Waals surface area contributed by atoms with Gasteiger partial charge in [0, 0.05) is 38.4 Å².